The number of allylic oxidation sites excluding steroid dienone is 3. The molecule has 0 aliphatic rings. The van der Waals surface area contributed by atoms with Crippen molar-refractivity contribution >= 4 is 11.9 Å². The Morgan fingerprint density at radius 2 is 0.848 bits per heavy atom. The first-order chi connectivity index (χ1) is 20.9. The van der Waals surface area contributed by atoms with Gasteiger partial charge in [-0.3, -0.25) is 9.59 Å². The number of rotatable bonds is 10. The third kappa shape index (κ3) is 10.1. The Morgan fingerprint density at radius 1 is 0.587 bits per heavy atom. The van der Waals surface area contributed by atoms with Gasteiger partial charge >= 0.3 is 17.9 Å². The number of carbonyl (C=O) groups excluding carboxylic acids is 2. The van der Waals surface area contributed by atoms with Gasteiger partial charge in [-0.1, -0.05) is 133 Å². The number of ether oxygens (including phenoxy) is 2. The predicted octanol–water partition coefficient (Wildman–Crippen LogP) is 9.52. The fourth-order valence-electron chi connectivity index (χ4n) is 5.15. The number of aryl methyl sites for hydroxylation is 2. The second-order valence-electron chi connectivity index (χ2n) is 16.2. The van der Waals surface area contributed by atoms with Crippen LogP contribution in [0.2, 0.25) is 0 Å². The number of phenolic OH excluding ortho intramolecular Hbond substituents is 2. The van der Waals surface area contributed by atoms with Gasteiger partial charge in [-0.15, -0.1) is 0 Å². The summed E-state index contributed by atoms with van der Waals surface area (Å²) in [5.41, 5.74) is 4.17. The van der Waals surface area contributed by atoms with Crippen LogP contribution in [0.25, 0.3) is 0 Å². The van der Waals surface area contributed by atoms with E-state index < -0.39 is 11.9 Å². The zero-order valence-electron chi connectivity index (χ0n) is 30.2. The Kier molecular flexibility index (Phi) is 11.9. The standard InChI is InChI=1S/C40H56O6/c1-15-27(16-2)36(45-32(41)19-17-25-21-28(37(3,4)5)34(43)29(22-25)38(6,7)8)46-33(42)20-18-26-23-30(39(9,10)11)35(44)31(24-26)40(12,13)14/h15-16,21-24,43-44H,1-2,17-20H2,3-14H3. The first kappa shape index (κ1) is 38.4. The summed E-state index contributed by atoms with van der Waals surface area (Å²) in [6.07, 6.45) is 3.63. The average Bonchev–Trinajstić information content (AvgIpc) is 2.89. The third-order valence-electron chi connectivity index (χ3n) is 7.90. The molecule has 0 atom stereocenters. The molecule has 6 heteroatoms. The highest BCUT2D eigenvalue weighted by Gasteiger charge is 2.28. The van der Waals surface area contributed by atoms with Crippen molar-refractivity contribution in [2.24, 2.45) is 0 Å². The summed E-state index contributed by atoms with van der Waals surface area (Å²) in [6, 6.07) is 7.75. The molecule has 46 heavy (non-hydrogen) atoms. The molecule has 0 heterocycles. The van der Waals surface area contributed by atoms with Crippen LogP contribution in [0, 0.1) is 0 Å². The minimum Gasteiger partial charge on any atom is -0.507 e. The van der Waals surface area contributed by atoms with Gasteiger partial charge in [0.15, 0.2) is 0 Å². The third-order valence-corrected chi connectivity index (χ3v) is 7.90. The molecule has 0 saturated carbocycles. The summed E-state index contributed by atoms with van der Waals surface area (Å²) in [5, 5.41) is 22.1. The summed E-state index contributed by atoms with van der Waals surface area (Å²) in [7, 11) is 0. The number of esters is 2. The fourth-order valence-corrected chi connectivity index (χ4v) is 5.15. The van der Waals surface area contributed by atoms with Crippen LogP contribution < -0.4 is 0 Å². The van der Waals surface area contributed by atoms with Crippen molar-refractivity contribution in [3.8, 4) is 11.5 Å². The van der Waals surface area contributed by atoms with Gasteiger partial charge in [0.25, 0.3) is 0 Å². The minimum atomic E-state index is -0.574. The topological polar surface area (TPSA) is 93.1 Å². The number of carbonyl (C=O) groups is 2. The SMILES string of the molecule is C=CC(C=C)=C(OC(=O)CCc1cc(C(C)(C)C)c(O)c(C(C)(C)C)c1)OC(=O)CCc1cc(C(C)(C)C)c(O)c(C(C)(C)C)c1. The van der Waals surface area contributed by atoms with E-state index in [1.54, 1.807) is 0 Å². The molecule has 2 rings (SSSR count). The van der Waals surface area contributed by atoms with Gasteiger partial charge in [-0.2, -0.15) is 0 Å². The molecule has 0 bridgehead atoms. The van der Waals surface area contributed by atoms with E-state index >= 15 is 0 Å². The number of hydrogen-bond acceptors (Lipinski definition) is 6. The highest BCUT2D eigenvalue weighted by Crippen LogP contribution is 2.41. The lowest BCUT2D eigenvalue weighted by Gasteiger charge is -2.28. The van der Waals surface area contributed by atoms with E-state index in [4.69, 9.17) is 9.47 Å². The molecule has 0 aliphatic heterocycles. The summed E-state index contributed by atoms with van der Waals surface area (Å²) in [5.74, 6) is -0.846. The van der Waals surface area contributed by atoms with Crippen molar-refractivity contribution in [1.82, 2.24) is 0 Å². The van der Waals surface area contributed by atoms with Crippen molar-refractivity contribution in [2.75, 3.05) is 0 Å². The van der Waals surface area contributed by atoms with Gasteiger partial charge in [-0.05, 0) is 67.9 Å². The molecule has 2 aromatic carbocycles. The van der Waals surface area contributed by atoms with Gasteiger partial charge in [0.1, 0.15) is 11.5 Å². The van der Waals surface area contributed by atoms with E-state index in [2.05, 4.69) is 13.2 Å². The molecular formula is C40H56O6. The lowest BCUT2D eigenvalue weighted by atomic mass is 9.78. The largest absolute Gasteiger partial charge is 0.507 e. The Labute approximate surface area is 277 Å². The fraction of sp³-hybridized carbons (Fsp3) is 0.500. The molecule has 0 aromatic heterocycles. The van der Waals surface area contributed by atoms with Crippen LogP contribution in [0.5, 0.6) is 11.5 Å². The number of benzene rings is 2. The maximum atomic E-state index is 13.1. The normalized spacial score (nSPS) is 12.3. The lowest BCUT2D eigenvalue weighted by Crippen LogP contribution is -2.18. The Bertz CT molecular complexity index is 1310. The Balaban J connectivity index is 2.25. The van der Waals surface area contributed by atoms with Crippen molar-refractivity contribution in [3.63, 3.8) is 0 Å². The van der Waals surface area contributed by atoms with Crippen LogP contribution in [-0.4, -0.2) is 22.2 Å². The lowest BCUT2D eigenvalue weighted by molar-refractivity contribution is -0.154. The Morgan fingerprint density at radius 3 is 1.07 bits per heavy atom. The second-order valence-corrected chi connectivity index (χ2v) is 16.2. The first-order valence-electron chi connectivity index (χ1n) is 16.0. The van der Waals surface area contributed by atoms with Gasteiger partial charge < -0.3 is 19.7 Å². The number of hydrogen-bond donors (Lipinski definition) is 2. The highest BCUT2D eigenvalue weighted by atomic mass is 16.7. The molecule has 252 valence electrons. The zero-order chi connectivity index (χ0) is 35.4. The van der Waals surface area contributed by atoms with E-state index in [1.807, 2.05) is 107 Å². The van der Waals surface area contributed by atoms with Crippen LogP contribution >= 0.6 is 0 Å². The van der Waals surface area contributed by atoms with Crippen LogP contribution in [0.3, 0.4) is 0 Å². The predicted molar refractivity (Wildman–Crippen MR) is 187 cm³/mol. The molecular weight excluding hydrogens is 576 g/mol. The molecule has 0 fully saturated rings. The summed E-state index contributed by atoms with van der Waals surface area (Å²) in [6.45, 7) is 32.0. The maximum absolute atomic E-state index is 13.1. The van der Waals surface area contributed by atoms with Gasteiger partial charge in [0, 0.05) is 0 Å². The second kappa shape index (κ2) is 14.3. The number of phenols is 2. The maximum Gasteiger partial charge on any atom is 0.313 e. The molecule has 0 amide bonds. The summed E-state index contributed by atoms with van der Waals surface area (Å²) in [4.78, 5) is 26.1. The van der Waals surface area contributed by atoms with E-state index in [9.17, 15) is 19.8 Å². The smallest absolute Gasteiger partial charge is 0.313 e. The van der Waals surface area contributed by atoms with Gasteiger partial charge in [0.2, 0.25) is 0 Å². The minimum absolute atomic E-state index is 0.0270. The van der Waals surface area contributed by atoms with Crippen molar-refractivity contribution < 1.29 is 29.3 Å². The van der Waals surface area contributed by atoms with Crippen LogP contribution in [0.15, 0.2) is 61.1 Å². The zero-order valence-corrected chi connectivity index (χ0v) is 30.2. The van der Waals surface area contributed by atoms with Crippen molar-refractivity contribution in [3.05, 3.63) is 94.5 Å². The summed E-state index contributed by atoms with van der Waals surface area (Å²) >= 11 is 0. The molecule has 0 aliphatic carbocycles. The molecule has 2 aromatic rings. The van der Waals surface area contributed by atoms with Crippen molar-refractivity contribution in [2.45, 2.75) is 130 Å². The van der Waals surface area contributed by atoms with Crippen LogP contribution in [-0.2, 0) is 53.6 Å². The highest BCUT2D eigenvalue weighted by molar-refractivity contribution is 5.74. The Hall–Kier alpha value is -3.80. The molecule has 0 spiro atoms. The summed E-state index contributed by atoms with van der Waals surface area (Å²) < 4.78 is 11.1. The molecule has 6 nitrogen and oxygen atoms in total. The monoisotopic (exact) mass is 632 g/mol. The van der Waals surface area contributed by atoms with Crippen LogP contribution in [0.4, 0.5) is 0 Å². The molecule has 0 radical (unpaired) electrons. The van der Waals surface area contributed by atoms with E-state index in [0.717, 1.165) is 33.4 Å². The molecule has 0 saturated heterocycles. The van der Waals surface area contributed by atoms with E-state index in [-0.39, 0.29) is 57.5 Å². The van der Waals surface area contributed by atoms with Crippen LogP contribution in [0.1, 0.15) is 129 Å². The average molecular weight is 633 g/mol. The quantitative estimate of drug-likeness (QED) is 0.154. The molecule has 0 unspecified atom stereocenters. The van der Waals surface area contributed by atoms with E-state index in [0.29, 0.717) is 12.8 Å². The van der Waals surface area contributed by atoms with Gasteiger partial charge in [-0.25, -0.2) is 0 Å². The van der Waals surface area contributed by atoms with Crippen molar-refractivity contribution in [1.29, 1.82) is 0 Å². The van der Waals surface area contributed by atoms with Gasteiger partial charge in [0.05, 0.1) is 18.4 Å². The molecule has 2 N–H and O–H groups in total. The first-order valence-corrected chi connectivity index (χ1v) is 16.0. The van der Waals surface area contributed by atoms with E-state index in [1.165, 1.54) is 12.2 Å². The number of aromatic hydroxyl groups is 2.